The second-order valence-electron chi connectivity index (χ2n) is 4.18. The van der Waals surface area contributed by atoms with Crippen LogP contribution in [-0.2, 0) is 11.2 Å². The van der Waals surface area contributed by atoms with E-state index in [4.69, 9.17) is 0 Å². The second-order valence-corrected chi connectivity index (χ2v) is 4.18. The Hall–Kier alpha value is -1.85. The lowest BCUT2D eigenvalue weighted by molar-refractivity contribution is -0.120. The standard InChI is InChI=1S/C13H23N5O/c1-4-6-10-12(14-3)17-9-18-13(10)16-8-7-11(19)15-5-2/h9H,4-8H2,1-3H3,(H,15,19)(H2,14,16,17,18). The first-order valence-electron chi connectivity index (χ1n) is 6.75. The molecule has 0 radical (unpaired) electrons. The third-order valence-corrected chi connectivity index (χ3v) is 2.70. The maximum atomic E-state index is 11.4. The molecule has 0 spiro atoms. The molecule has 1 aromatic rings. The molecule has 0 atom stereocenters. The summed E-state index contributed by atoms with van der Waals surface area (Å²) < 4.78 is 0. The molecule has 6 nitrogen and oxygen atoms in total. The van der Waals surface area contributed by atoms with Gasteiger partial charge in [-0.25, -0.2) is 9.97 Å². The van der Waals surface area contributed by atoms with Gasteiger partial charge in [0.25, 0.3) is 0 Å². The third-order valence-electron chi connectivity index (χ3n) is 2.70. The van der Waals surface area contributed by atoms with E-state index in [2.05, 4.69) is 32.8 Å². The topological polar surface area (TPSA) is 78.9 Å². The molecule has 0 bridgehead atoms. The van der Waals surface area contributed by atoms with Gasteiger partial charge in [-0.05, 0) is 13.3 Å². The van der Waals surface area contributed by atoms with Gasteiger partial charge in [-0.3, -0.25) is 4.79 Å². The van der Waals surface area contributed by atoms with Gasteiger partial charge >= 0.3 is 0 Å². The molecule has 1 amide bonds. The summed E-state index contributed by atoms with van der Waals surface area (Å²) in [6.07, 6.45) is 3.89. The number of nitrogens with zero attached hydrogens (tertiary/aromatic N) is 2. The zero-order valence-electron chi connectivity index (χ0n) is 11.9. The summed E-state index contributed by atoms with van der Waals surface area (Å²) in [4.78, 5) is 19.8. The minimum Gasteiger partial charge on any atom is -0.373 e. The van der Waals surface area contributed by atoms with Gasteiger partial charge in [-0.15, -0.1) is 0 Å². The molecule has 0 saturated carbocycles. The van der Waals surface area contributed by atoms with E-state index < -0.39 is 0 Å². The molecule has 0 aliphatic carbocycles. The molecule has 6 heteroatoms. The van der Waals surface area contributed by atoms with Crippen LogP contribution in [0.25, 0.3) is 0 Å². The summed E-state index contributed by atoms with van der Waals surface area (Å²) in [6, 6.07) is 0. The molecular weight excluding hydrogens is 242 g/mol. The number of nitrogens with one attached hydrogen (secondary N) is 3. The number of carbonyl (C=O) groups is 1. The van der Waals surface area contributed by atoms with Gasteiger partial charge in [0.2, 0.25) is 5.91 Å². The maximum Gasteiger partial charge on any atom is 0.221 e. The molecule has 19 heavy (non-hydrogen) atoms. The maximum absolute atomic E-state index is 11.4. The fraction of sp³-hybridized carbons (Fsp3) is 0.615. The first kappa shape index (κ1) is 15.2. The number of hydrogen-bond donors (Lipinski definition) is 3. The smallest absolute Gasteiger partial charge is 0.221 e. The van der Waals surface area contributed by atoms with Crippen LogP contribution in [0.3, 0.4) is 0 Å². The van der Waals surface area contributed by atoms with Crippen LogP contribution in [0, 0.1) is 0 Å². The lowest BCUT2D eigenvalue weighted by atomic mass is 10.1. The zero-order chi connectivity index (χ0) is 14.1. The van der Waals surface area contributed by atoms with Gasteiger partial charge in [0.15, 0.2) is 0 Å². The highest BCUT2D eigenvalue weighted by molar-refractivity contribution is 5.76. The van der Waals surface area contributed by atoms with E-state index in [-0.39, 0.29) is 5.91 Å². The lowest BCUT2D eigenvalue weighted by Crippen LogP contribution is -2.25. The van der Waals surface area contributed by atoms with Crippen molar-refractivity contribution >= 4 is 17.5 Å². The normalized spacial score (nSPS) is 10.1. The Kier molecular flexibility index (Phi) is 6.63. The molecule has 3 N–H and O–H groups in total. The van der Waals surface area contributed by atoms with Gasteiger partial charge < -0.3 is 16.0 Å². The van der Waals surface area contributed by atoms with E-state index in [0.717, 1.165) is 30.0 Å². The summed E-state index contributed by atoms with van der Waals surface area (Å²) in [5.74, 6) is 1.71. The molecule has 0 aliphatic heterocycles. The van der Waals surface area contributed by atoms with Crippen molar-refractivity contribution in [3.05, 3.63) is 11.9 Å². The van der Waals surface area contributed by atoms with Crippen LogP contribution in [0.15, 0.2) is 6.33 Å². The molecule has 0 fully saturated rings. The first-order chi connectivity index (χ1) is 9.22. The molecule has 0 aromatic carbocycles. The van der Waals surface area contributed by atoms with Crippen LogP contribution >= 0.6 is 0 Å². The average Bonchev–Trinajstić information content (AvgIpc) is 2.41. The van der Waals surface area contributed by atoms with Crippen molar-refractivity contribution in [2.75, 3.05) is 30.8 Å². The second kappa shape index (κ2) is 8.29. The molecule has 0 unspecified atom stereocenters. The number of anilines is 2. The zero-order valence-corrected chi connectivity index (χ0v) is 11.9. The summed E-state index contributed by atoms with van der Waals surface area (Å²) >= 11 is 0. The Balaban J connectivity index is 2.64. The SMILES string of the molecule is CCCc1c(NC)ncnc1NCCC(=O)NCC. The van der Waals surface area contributed by atoms with Crippen LogP contribution in [0.2, 0.25) is 0 Å². The highest BCUT2D eigenvalue weighted by Crippen LogP contribution is 2.20. The quantitative estimate of drug-likeness (QED) is 0.662. The molecular formula is C13H23N5O. The first-order valence-corrected chi connectivity index (χ1v) is 6.75. The van der Waals surface area contributed by atoms with Crippen molar-refractivity contribution < 1.29 is 4.79 Å². The third kappa shape index (κ3) is 4.73. The number of carbonyl (C=O) groups excluding carboxylic acids is 1. The van der Waals surface area contributed by atoms with E-state index in [1.807, 2.05) is 14.0 Å². The van der Waals surface area contributed by atoms with Crippen molar-refractivity contribution in [2.45, 2.75) is 33.1 Å². The number of hydrogen-bond acceptors (Lipinski definition) is 5. The summed E-state index contributed by atoms with van der Waals surface area (Å²) in [5, 5.41) is 9.05. The van der Waals surface area contributed by atoms with Gasteiger partial charge in [0.05, 0.1) is 0 Å². The minimum absolute atomic E-state index is 0.0509. The highest BCUT2D eigenvalue weighted by Gasteiger charge is 2.09. The summed E-state index contributed by atoms with van der Waals surface area (Å²) in [7, 11) is 1.85. The molecule has 106 valence electrons. The van der Waals surface area contributed by atoms with Gasteiger partial charge in [0, 0.05) is 32.1 Å². The van der Waals surface area contributed by atoms with Gasteiger partial charge in [0.1, 0.15) is 18.0 Å². The fourth-order valence-corrected chi connectivity index (χ4v) is 1.85. The van der Waals surface area contributed by atoms with E-state index in [1.165, 1.54) is 6.33 Å². The summed E-state index contributed by atoms with van der Waals surface area (Å²) in [6.45, 7) is 5.26. The molecule has 1 heterocycles. The van der Waals surface area contributed by atoms with Crippen molar-refractivity contribution in [2.24, 2.45) is 0 Å². The van der Waals surface area contributed by atoms with Crippen molar-refractivity contribution in [3.8, 4) is 0 Å². The average molecular weight is 265 g/mol. The van der Waals surface area contributed by atoms with Crippen molar-refractivity contribution in [1.82, 2.24) is 15.3 Å². The number of amides is 1. The monoisotopic (exact) mass is 265 g/mol. The molecule has 0 saturated heterocycles. The number of rotatable bonds is 8. The molecule has 0 aliphatic rings. The largest absolute Gasteiger partial charge is 0.373 e. The molecule has 1 aromatic heterocycles. The van der Waals surface area contributed by atoms with E-state index in [9.17, 15) is 4.79 Å². The predicted octanol–water partition coefficient (Wildman–Crippen LogP) is 1.41. The minimum atomic E-state index is 0.0509. The Morgan fingerprint density at radius 3 is 2.63 bits per heavy atom. The Morgan fingerprint density at radius 1 is 1.26 bits per heavy atom. The highest BCUT2D eigenvalue weighted by atomic mass is 16.1. The van der Waals surface area contributed by atoms with Crippen molar-refractivity contribution in [1.29, 1.82) is 0 Å². The van der Waals surface area contributed by atoms with E-state index in [0.29, 0.717) is 19.5 Å². The van der Waals surface area contributed by atoms with Crippen LogP contribution in [0.4, 0.5) is 11.6 Å². The lowest BCUT2D eigenvalue weighted by Gasteiger charge is -2.13. The number of aromatic nitrogens is 2. The van der Waals surface area contributed by atoms with Crippen LogP contribution < -0.4 is 16.0 Å². The Labute approximate surface area is 114 Å². The predicted molar refractivity (Wildman–Crippen MR) is 77.4 cm³/mol. The fourth-order valence-electron chi connectivity index (χ4n) is 1.85. The van der Waals surface area contributed by atoms with Gasteiger partial charge in [-0.2, -0.15) is 0 Å². The molecule has 1 rings (SSSR count). The Bertz CT molecular complexity index is 408. The van der Waals surface area contributed by atoms with Crippen LogP contribution in [0.1, 0.15) is 32.3 Å². The van der Waals surface area contributed by atoms with E-state index in [1.54, 1.807) is 0 Å². The van der Waals surface area contributed by atoms with Crippen molar-refractivity contribution in [3.63, 3.8) is 0 Å². The Morgan fingerprint density at radius 2 is 2.00 bits per heavy atom. The summed E-state index contributed by atoms with van der Waals surface area (Å²) in [5.41, 5.74) is 1.07. The van der Waals surface area contributed by atoms with Gasteiger partial charge in [-0.1, -0.05) is 13.3 Å². The van der Waals surface area contributed by atoms with Crippen LogP contribution in [0.5, 0.6) is 0 Å². The van der Waals surface area contributed by atoms with E-state index >= 15 is 0 Å². The van der Waals surface area contributed by atoms with Crippen LogP contribution in [-0.4, -0.2) is 36.0 Å².